The summed E-state index contributed by atoms with van der Waals surface area (Å²) in [7, 11) is 0. The van der Waals surface area contributed by atoms with Gasteiger partial charge in [0, 0.05) is 13.2 Å². The standard InChI is InChI=1S/C10H18O3/c1-2-13-8-7-10(9(11)12)5-3-4-6-10/h2-8H2,1H3,(H,11,12). The van der Waals surface area contributed by atoms with E-state index in [-0.39, 0.29) is 0 Å². The van der Waals surface area contributed by atoms with Crippen molar-refractivity contribution in [2.45, 2.75) is 39.0 Å². The minimum absolute atomic E-state index is 0.463. The first-order chi connectivity index (χ1) is 6.21. The number of aliphatic carboxylic acids is 1. The molecule has 0 atom stereocenters. The average Bonchev–Trinajstić information content (AvgIpc) is 2.55. The maximum atomic E-state index is 11.1. The molecule has 0 heterocycles. The number of carbonyl (C=O) groups is 1. The van der Waals surface area contributed by atoms with Gasteiger partial charge in [0.15, 0.2) is 0 Å². The molecular formula is C10H18O3. The molecular weight excluding hydrogens is 168 g/mol. The maximum absolute atomic E-state index is 11.1. The normalized spacial score (nSPS) is 20.4. The Morgan fingerprint density at radius 1 is 1.46 bits per heavy atom. The lowest BCUT2D eigenvalue weighted by atomic mass is 9.83. The molecule has 76 valence electrons. The third-order valence-electron chi connectivity index (χ3n) is 2.94. The van der Waals surface area contributed by atoms with Gasteiger partial charge in [-0.25, -0.2) is 0 Å². The molecule has 0 unspecified atom stereocenters. The highest BCUT2D eigenvalue weighted by molar-refractivity contribution is 5.74. The minimum Gasteiger partial charge on any atom is -0.481 e. The van der Waals surface area contributed by atoms with Crippen molar-refractivity contribution in [2.24, 2.45) is 5.41 Å². The van der Waals surface area contributed by atoms with Crippen molar-refractivity contribution in [3.05, 3.63) is 0 Å². The highest BCUT2D eigenvalue weighted by Crippen LogP contribution is 2.41. The van der Waals surface area contributed by atoms with E-state index in [4.69, 9.17) is 9.84 Å². The molecule has 3 heteroatoms. The van der Waals surface area contributed by atoms with Gasteiger partial charge in [0.1, 0.15) is 0 Å². The molecule has 0 aromatic carbocycles. The van der Waals surface area contributed by atoms with Gasteiger partial charge < -0.3 is 9.84 Å². The second-order valence-corrected chi connectivity index (χ2v) is 3.74. The molecule has 1 rings (SSSR count). The third kappa shape index (κ3) is 2.44. The zero-order valence-electron chi connectivity index (χ0n) is 8.21. The van der Waals surface area contributed by atoms with Crippen LogP contribution in [0.2, 0.25) is 0 Å². The fraction of sp³-hybridized carbons (Fsp3) is 0.900. The number of carboxylic acids is 1. The topological polar surface area (TPSA) is 46.5 Å². The summed E-state index contributed by atoms with van der Waals surface area (Å²) in [5, 5.41) is 9.11. The van der Waals surface area contributed by atoms with Crippen molar-refractivity contribution in [2.75, 3.05) is 13.2 Å². The van der Waals surface area contributed by atoms with E-state index in [9.17, 15) is 4.79 Å². The van der Waals surface area contributed by atoms with Crippen LogP contribution in [0.15, 0.2) is 0 Å². The molecule has 0 bridgehead atoms. The van der Waals surface area contributed by atoms with Crippen molar-refractivity contribution >= 4 is 5.97 Å². The molecule has 3 nitrogen and oxygen atoms in total. The Balaban J connectivity index is 2.43. The number of hydrogen-bond donors (Lipinski definition) is 1. The van der Waals surface area contributed by atoms with Crippen LogP contribution in [0.1, 0.15) is 39.0 Å². The molecule has 0 aromatic heterocycles. The second kappa shape index (κ2) is 4.61. The van der Waals surface area contributed by atoms with Gasteiger partial charge in [-0.3, -0.25) is 4.79 Å². The van der Waals surface area contributed by atoms with Crippen LogP contribution in [0.3, 0.4) is 0 Å². The minimum atomic E-state index is -0.635. The van der Waals surface area contributed by atoms with Crippen molar-refractivity contribution in [3.8, 4) is 0 Å². The quantitative estimate of drug-likeness (QED) is 0.668. The van der Waals surface area contributed by atoms with Gasteiger partial charge in [0.05, 0.1) is 5.41 Å². The molecule has 13 heavy (non-hydrogen) atoms. The fourth-order valence-corrected chi connectivity index (χ4v) is 2.03. The predicted octanol–water partition coefficient (Wildman–Crippen LogP) is 2.06. The van der Waals surface area contributed by atoms with E-state index < -0.39 is 11.4 Å². The van der Waals surface area contributed by atoms with Gasteiger partial charge in [0.2, 0.25) is 0 Å². The van der Waals surface area contributed by atoms with E-state index in [1.165, 1.54) is 0 Å². The van der Waals surface area contributed by atoms with Gasteiger partial charge in [0.25, 0.3) is 0 Å². The summed E-state index contributed by atoms with van der Waals surface area (Å²) in [5.41, 5.74) is -0.463. The molecule has 1 aliphatic rings. The summed E-state index contributed by atoms with van der Waals surface area (Å²) >= 11 is 0. The van der Waals surface area contributed by atoms with E-state index in [1.807, 2.05) is 6.92 Å². The van der Waals surface area contributed by atoms with Crippen LogP contribution in [-0.4, -0.2) is 24.3 Å². The summed E-state index contributed by atoms with van der Waals surface area (Å²) in [5.74, 6) is -0.635. The average molecular weight is 186 g/mol. The lowest BCUT2D eigenvalue weighted by Gasteiger charge is -2.23. The van der Waals surface area contributed by atoms with Crippen LogP contribution in [-0.2, 0) is 9.53 Å². The lowest BCUT2D eigenvalue weighted by molar-refractivity contribution is -0.149. The first kappa shape index (κ1) is 10.5. The molecule has 0 spiro atoms. The number of rotatable bonds is 5. The van der Waals surface area contributed by atoms with Crippen LogP contribution in [0.5, 0.6) is 0 Å². The maximum Gasteiger partial charge on any atom is 0.309 e. The Morgan fingerprint density at radius 2 is 2.08 bits per heavy atom. The fourth-order valence-electron chi connectivity index (χ4n) is 2.03. The van der Waals surface area contributed by atoms with Gasteiger partial charge in [-0.05, 0) is 26.2 Å². The lowest BCUT2D eigenvalue weighted by Crippen LogP contribution is -2.29. The van der Waals surface area contributed by atoms with Crippen LogP contribution in [0.4, 0.5) is 0 Å². The van der Waals surface area contributed by atoms with E-state index >= 15 is 0 Å². The van der Waals surface area contributed by atoms with Crippen LogP contribution in [0.25, 0.3) is 0 Å². The van der Waals surface area contributed by atoms with E-state index in [0.717, 1.165) is 25.7 Å². The summed E-state index contributed by atoms with van der Waals surface area (Å²) in [6, 6.07) is 0. The molecule has 1 N–H and O–H groups in total. The molecule has 1 saturated carbocycles. The largest absolute Gasteiger partial charge is 0.481 e. The molecule has 1 fully saturated rings. The van der Waals surface area contributed by atoms with Crippen molar-refractivity contribution in [1.29, 1.82) is 0 Å². The van der Waals surface area contributed by atoms with E-state index in [2.05, 4.69) is 0 Å². The van der Waals surface area contributed by atoms with Gasteiger partial charge in [-0.1, -0.05) is 12.8 Å². The van der Waals surface area contributed by atoms with Crippen molar-refractivity contribution < 1.29 is 14.6 Å². The SMILES string of the molecule is CCOCCC1(C(=O)O)CCCC1. The number of carboxylic acid groups (broad SMARTS) is 1. The summed E-state index contributed by atoms with van der Waals surface area (Å²) < 4.78 is 5.21. The first-order valence-corrected chi connectivity index (χ1v) is 5.02. The highest BCUT2D eigenvalue weighted by atomic mass is 16.5. The smallest absolute Gasteiger partial charge is 0.309 e. The third-order valence-corrected chi connectivity index (χ3v) is 2.94. The van der Waals surface area contributed by atoms with E-state index in [1.54, 1.807) is 0 Å². The second-order valence-electron chi connectivity index (χ2n) is 3.74. The zero-order valence-corrected chi connectivity index (χ0v) is 8.21. The number of ether oxygens (including phenoxy) is 1. The number of hydrogen-bond acceptors (Lipinski definition) is 2. The first-order valence-electron chi connectivity index (χ1n) is 5.02. The molecule has 0 aromatic rings. The molecule has 0 saturated heterocycles. The van der Waals surface area contributed by atoms with Crippen molar-refractivity contribution in [1.82, 2.24) is 0 Å². The molecule has 0 radical (unpaired) electrons. The summed E-state index contributed by atoms with van der Waals surface area (Å²) in [6.07, 6.45) is 4.44. The predicted molar refractivity (Wildman–Crippen MR) is 49.6 cm³/mol. The molecule has 0 aliphatic heterocycles. The van der Waals surface area contributed by atoms with Gasteiger partial charge in [-0.15, -0.1) is 0 Å². The zero-order chi connectivity index (χ0) is 9.73. The molecule has 0 amide bonds. The van der Waals surface area contributed by atoms with Crippen LogP contribution >= 0.6 is 0 Å². The Kier molecular flexibility index (Phi) is 3.72. The Bertz CT molecular complexity index is 171. The Morgan fingerprint density at radius 3 is 2.54 bits per heavy atom. The van der Waals surface area contributed by atoms with E-state index in [0.29, 0.717) is 19.6 Å². The van der Waals surface area contributed by atoms with Crippen molar-refractivity contribution in [3.63, 3.8) is 0 Å². The van der Waals surface area contributed by atoms with Gasteiger partial charge >= 0.3 is 5.97 Å². The highest BCUT2D eigenvalue weighted by Gasteiger charge is 2.40. The summed E-state index contributed by atoms with van der Waals surface area (Å²) in [6.45, 7) is 3.20. The monoisotopic (exact) mass is 186 g/mol. The molecule has 1 aliphatic carbocycles. The van der Waals surface area contributed by atoms with Crippen LogP contribution < -0.4 is 0 Å². The Labute approximate surface area is 79.1 Å². The Hall–Kier alpha value is -0.570. The summed E-state index contributed by atoms with van der Waals surface area (Å²) in [4.78, 5) is 11.1. The van der Waals surface area contributed by atoms with Gasteiger partial charge in [-0.2, -0.15) is 0 Å². The van der Waals surface area contributed by atoms with Crippen LogP contribution in [0, 0.1) is 5.41 Å².